The standard InChI is InChI=1S/C11H14N2OS/c1-6-5-7(2)13(8-3-4-8)11(14)9(6)10(12)15/h5,8H,3-4H2,1-2H3,(H2,12,15). The molecule has 15 heavy (non-hydrogen) atoms. The van der Waals surface area contributed by atoms with Crippen molar-refractivity contribution in [3.8, 4) is 0 Å². The van der Waals surface area contributed by atoms with Crippen molar-refractivity contribution in [1.29, 1.82) is 0 Å². The quantitative estimate of drug-likeness (QED) is 0.770. The fraction of sp³-hybridized carbons (Fsp3) is 0.455. The highest BCUT2D eigenvalue weighted by Gasteiger charge is 2.27. The predicted molar refractivity (Wildman–Crippen MR) is 64.3 cm³/mol. The second kappa shape index (κ2) is 3.45. The smallest absolute Gasteiger partial charge is 0.261 e. The lowest BCUT2D eigenvalue weighted by Gasteiger charge is -2.12. The number of thiocarbonyl (C=S) groups is 1. The first-order valence-corrected chi connectivity index (χ1v) is 5.45. The lowest BCUT2D eigenvalue weighted by atomic mass is 10.1. The molecule has 0 saturated heterocycles. The molecule has 0 radical (unpaired) electrons. The van der Waals surface area contributed by atoms with Crippen molar-refractivity contribution in [3.63, 3.8) is 0 Å². The third-order valence-corrected chi connectivity index (χ3v) is 2.99. The number of aromatic nitrogens is 1. The molecule has 1 fully saturated rings. The van der Waals surface area contributed by atoms with Crippen molar-refractivity contribution in [2.75, 3.05) is 0 Å². The number of pyridine rings is 1. The van der Waals surface area contributed by atoms with Crippen LogP contribution in [0.1, 0.15) is 35.7 Å². The first kappa shape index (κ1) is 10.4. The second-order valence-electron chi connectivity index (χ2n) is 4.11. The molecular formula is C11H14N2OS. The molecule has 3 nitrogen and oxygen atoms in total. The minimum absolute atomic E-state index is 0.0255. The Morgan fingerprint density at radius 2 is 2.13 bits per heavy atom. The molecule has 1 saturated carbocycles. The largest absolute Gasteiger partial charge is 0.389 e. The van der Waals surface area contributed by atoms with Gasteiger partial charge in [0.1, 0.15) is 4.99 Å². The molecule has 0 amide bonds. The molecule has 80 valence electrons. The fourth-order valence-corrected chi connectivity index (χ4v) is 2.24. The number of rotatable bonds is 2. The van der Waals surface area contributed by atoms with Gasteiger partial charge in [0.05, 0.1) is 5.56 Å². The average molecular weight is 222 g/mol. The van der Waals surface area contributed by atoms with Crippen LogP contribution in [0.5, 0.6) is 0 Å². The maximum atomic E-state index is 12.1. The molecule has 0 aliphatic heterocycles. The summed E-state index contributed by atoms with van der Waals surface area (Å²) in [6.45, 7) is 3.83. The molecule has 1 heterocycles. The van der Waals surface area contributed by atoms with Crippen LogP contribution in [0.2, 0.25) is 0 Å². The number of nitrogens with zero attached hydrogens (tertiary/aromatic N) is 1. The highest BCUT2D eigenvalue weighted by atomic mass is 32.1. The van der Waals surface area contributed by atoms with Crippen LogP contribution in [0.15, 0.2) is 10.9 Å². The van der Waals surface area contributed by atoms with Gasteiger partial charge in [-0.2, -0.15) is 0 Å². The summed E-state index contributed by atoms with van der Waals surface area (Å²) in [6, 6.07) is 2.35. The minimum atomic E-state index is -0.0255. The van der Waals surface area contributed by atoms with E-state index < -0.39 is 0 Å². The van der Waals surface area contributed by atoms with Gasteiger partial charge in [-0.15, -0.1) is 0 Å². The van der Waals surface area contributed by atoms with Gasteiger partial charge in [0.25, 0.3) is 5.56 Å². The van der Waals surface area contributed by atoms with E-state index >= 15 is 0 Å². The molecule has 0 atom stereocenters. The Balaban J connectivity index is 2.71. The monoisotopic (exact) mass is 222 g/mol. The Bertz CT molecular complexity index is 486. The van der Waals surface area contributed by atoms with Gasteiger partial charge in [0, 0.05) is 11.7 Å². The summed E-state index contributed by atoms with van der Waals surface area (Å²) >= 11 is 4.91. The summed E-state index contributed by atoms with van der Waals surface area (Å²) < 4.78 is 1.82. The highest BCUT2D eigenvalue weighted by molar-refractivity contribution is 7.80. The van der Waals surface area contributed by atoms with Crippen LogP contribution in [0, 0.1) is 13.8 Å². The van der Waals surface area contributed by atoms with Crippen LogP contribution in [0.4, 0.5) is 0 Å². The average Bonchev–Trinajstić information content (AvgIpc) is 2.85. The Morgan fingerprint density at radius 3 is 2.60 bits per heavy atom. The van der Waals surface area contributed by atoms with Gasteiger partial charge < -0.3 is 10.3 Å². The highest BCUT2D eigenvalue weighted by Crippen LogP contribution is 2.34. The molecule has 1 aromatic rings. The van der Waals surface area contributed by atoms with E-state index in [4.69, 9.17) is 18.0 Å². The molecule has 0 unspecified atom stereocenters. The third kappa shape index (κ3) is 1.69. The number of hydrogen-bond donors (Lipinski definition) is 1. The molecule has 2 rings (SSSR count). The van der Waals surface area contributed by atoms with E-state index in [-0.39, 0.29) is 10.5 Å². The van der Waals surface area contributed by atoms with Gasteiger partial charge in [-0.25, -0.2) is 0 Å². The zero-order chi connectivity index (χ0) is 11.2. The Hall–Kier alpha value is -1.16. The molecule has 1 aliphatic rings. The van der Waals surface area contributed by atoms with Crippen LogP contribution in [-0.4, -0.2) is 9.56 Å². The van der Waals surface area contributed by atoms with E-state index in [1.807, 2.05) is 24.5 Å². The zero-order valence-electron chi connectivity index (χ0n) is 8.91. The molecule has 1 aliphatic carbocycles. The Morgan fingerprint density at radius 1 is 1.53 bits per heavy atom. The number of aryl methyl sites for hydroxylation is 2. The Labute approximate surface area is 93.9 Å². The summed E-state index contributed by atoms with van der Waals surface area (Å²) in [7, 11) is 0. The van der Waals surface area contributed by atoms with Crippen LogP contribution in [0.25, 0.3) is 0 Å². The molecular weight excluding hydrogens is 208 g/mol. The van der Waals surface area contributed by atoms with Gasteiger partial charge >= 0.3 is 0 Å². The fourth-order valence-electron chi connectivity index (χ4n) is 1.99. The maximum Gasteiger partial charge on any atom is 0.261 e. The van der Waals surface area contributed by atoms with Crippen molar-refractivity contribution >= 4 is 17.2 Å². The molecule has 4 heteroatoms. The van der Waals surface area contributed by atoms with Crippen molar-refractivity contribution in [2.24, 2.45) is 5.73 Å². The first-order chi connectivity index (χ1) is 7.02. The van der Waals surface area contributed by atoms with Crippen LogP contribution < -0.4 is 11.3 Å². The van der Waals surface area contributed by atoms with Crippen LogP contribution in [0.3, 0.4) is 0 Å². The van der Waals surface area contributed by atoms with E-state index in [1.54, 1.807) is 0 Å². The molecule has 0 spiro atoms. The number of nitrogens with two attached hydrogens (primary N) is 1. The van der Waals surface area contributed by atoms with Gasteiger partial charge in [0.15, 0.2) is 0 Å². The summed E-state index contributed by atoms with van der Waals surface area (Å²) in [4.78, 5) is 12.3. The maximum absolute atomic E-state index is 12.1. The van der Waals surface area contributed by atoms with E-state index in [9.17, 15) is 4.79 Å². The predicted octanol–water partition coefficient (Wildman–Crippen LogP) is 1.43. The SMILES string of the molecule is Cc1cc(C)n(C2CC2)c(=O)c1C(N)=S. The molecule has 2 N–H and O–H groups in total. The van der Waals surface area contributed by atoms with E-state index in [2.05, 4.69) is 0 Å². The van der Waals surface area contributed by atoms with Crippen molar-refractivity contribution in [1.82, 2.24) is 4.57 Å². The third-order valence-electron chi connectivity index (χ3n) is 2.79. The van der Waals surface area contributed by atoms with Gasteiger partial charge in [0.2, 0.25) is 0 Å². The van der Waals surface area contributed by atoms with E-state index in [1.165, 1.54) is 0 Å². The summed E-state index contributed by atoms with van der Waals surface area (Å²) in [6.07, 6.45) is 2.17. The van der Waals surface area contributed by atoms with Crippen LogP contribution >= 0.6 is 12.2 Å². The Kier molecular flexibility index (Phi) is 2.38. The molecule has 0 bridgehead atoms. The van der Waals surface area contributed by atoms with Crippen molar-refractivity contribution < 1.29 is 0 Å². The van der Waals surface area contributed by atoms with E-state index in [0.29, 0.717) is 11.6 Å². The summed E-state index contributed by atoms with van der Waals surface area (Å²) in [5.41, 5.74) is 7.93. The van der Waals surface area contributed by atoms with Crippen molar-refractivity contribution in [2.45, 2.75) is 32.7 Å². The summed E-state index contributed by atoms with van der Waals surface area (Å²) in [5.74, 6) is 0. The first-order valence-electron chi connectivity index (χ1n) is 5.05. The second-order valence-corrected chi connectivity index (χ2v) is 4.55. The summed E-state index contributed by atoms with van der Waals surface area (Å²) in [5, 5.41) is 0. The van der Waals surface area contributed by atoms with E-state index in [0.717, 1.165) is 24.1 Å². The minimum Gasteiger partial charge on any atom is -0.389 e. The van der Waals surface area contributed by atoms with Gasteiger partial charge in [-0.1, -0.05) is 12.2 Å². The topological polar surface area (TPSA) is 48.0 Å². The normalized spacial score (nSPS) is 15.3. The lowest BCUT2D eigenvalue weighted by molar-refractivity contribution is 0.678. The van der Waals surface area contributed by atoms with Crippen molar-refractivity contribution in [3.05, 3.63) is 33.2 Å². The van der Waals surface area contributed by atoms with Crippen LogP contribution in [-0.2, 0) is 0 Å². The zero-order valence-corrected chi connectivity index (χ0v) is 9.73. The molecule has 1 aromatic heterocycles. The van der Waals surface area contributed by atoms with Gasteiger partial charge in [-0.3, -0.25) is 4.79 Å². The lowest BCUT2D eigenvalue weighted by Crippen LogP contribution is -2.31. The number of hydrogen-bond acceptors (Lipinski definition) is 2. The molecule has 0 aromatic carbocycles. The van der Waals surface area contributed by atoms with Gasteiger partial charge in [-0.05, 0) is 38.3 Å².